The highest BCUT2D eigenvalue weighted by Crippen LogP contribution is 2.32. The highest BCUT2D eigenvalue weighted by Gasteiger charge is 2.22. The molecule has 2 rings (SSSR count). The minimum Gasteiger partial charge on any atom is -0.488 e. The predicted molar refractivity (Wildman–Crippen MR) is 97.1 cm³/mol. The van der Waals surface area contributed by atoms with Gasteiger partial charge in [0, 0.05) is 5.41 Å². The summed E-state index contributed by atoms with van der Waals surface area (Å²) < 4.78 is 5.83. The summed E-state index contributed by atoms with van der Waals surface area (Å²) >= 11 is 0. The smallest absolute Gasteiger partial charge is 0.137 e. The van der Waals surface area contributed by atoms with Crippen LogP contribution in [0.4, 0.5) is 0 Å². The topological polar surface area (TPSA) is 25.8 Å². The molecule has 0 saturated carbocycles. The van der Waals surface area contributed by atoms with Crippen molar-refractivity contribution in [1.82, 2.24) is 0 Å². The van der Waals surface area contributed by atoms with Crippen molar-refractivity contribution in [2.45, 2.75) is 39.0 Å². The number of quaternary nitrogens is 1. The normalized spacial score (nSPS) is 11.4. The van der Waals surface area contributed by atoms with Gasteiger partial charge in [-0.15, -0.1) is 0 Å². The van der Waals surface area contributed by atoms with Crippen molar-refractivity contribution in [2.24, 2.45) is 0 Å². The molecular formula is C21H30NO+. The van der Waals surface area contributed by atoms with E-state index >= 15 is 0 Å². The van der Waals surface area contributed by atoms with Crippen LogP contribution in [0.15, 0.2) is 54.6 Å². The molecule has 0 saturated heterocycles. The first-order chi connectivity index (χ1) is 11.1. The van der Waals surface area contributed by atoms with Gasteiger partial charge in [0.15, 0.2) is 0 Å². The third-order valence-corrected chi connectivity index (χ3v) is 4.42. The van der Waals surface area contributed by atoms with Crippen molar-refractivity contribution in [3.63, 3.8) is 0 Å². The molecule has 0 heterocycles. The number of hydrogen-bond donors (Lipinski definition) is 1. The van der Waals surface area contributed by atoms with Crippen molar-refractivity contribution in [1.29, 1.82) is 0 Å². The van der Waals surface area contributed by atoms with Crippen molar-refractivity contribution < 1.29 is 10.1 Å². The maximum Gasteiger partial charge on any atom is 0.137 e. The van der Waals surface area contributed by atoms with E-state index in [-0.39, 0.29) is 5.41 Å². The Hall–Kier alpha value is -1.80. The molecule has 0 aromatic heterocycles. The molecule has 0 aliphatic carbocycles. The van der Waals surface area contributed by atoms with Crippen LogP contribution in [0.5, 0.6) is 5.75 Å². The number of unbranched alkanes of at least 4 members (excludes halogenated alkanes) is 1. The van der Waals surface area contributed by atoms with Crippen LogP contribution in [0.3, 0.4) is 0 Å². The number of ether oxygens (including phenoxy) is 1. The molecule has 124 valence electrons. The van der Waals surface area contributed by atoms with E-state index in [4.69, 9.17) is 4.74 Å². The lowest BCUT2D eigenvalue weighted by molar-refractivity contribution is -0.655. The van der Waals surface area contributed by atoms with Gasteiger partial charge in [-0.25, -0.2) is 0 Å². The maximum atomic E-state index is 5.83. The first-order valence-electron chi connectivity index (χ1n) is 8.75. The average molecular weight is 312 g/mol. The van der Waals surface area contributed by atoms with Crippen LogP contribution < -0.4 is 10.1 Å². The molecular weight excluding hydrogens is 282 g/mol. The summed E-state index contributed by atoms with van der Waals surface area (Å²) in [7, 11) is 0. The Labute approximate surface area is 140 Å². The average Bonchev–Trinajstić information content (AvgIpc) is 2.59. The maximum absolute atomic E-state index is 5.83. The van der Waals surface area contributed by atoms with E-state index in [2.05, 4.69) is 80.7 Å². The Morgan fingerprint density at radius 2 is 1.52 bits per heavy atom. The minimum absolute atomic E-state index is 0.00766. The molecule has 0 fully saturated rings. The van der Waals surface area contributed by atoms with Crippen LogP contribution in [-0.2, 0) is 5.41 Å². The number of benzene rings is 2. The summed E-state index contributed by atoms with van der Waals surface area (Å²) in [5, 5.41) is 2.33. The Morgan fingerprint density at radius 3 is 2.17 bits per heavy atom. The molecule has 23 heavy (non-hydrogen) atoms. The second-order valence-corrected chi connectivity index (χ2v) is 6.58. The number of hydrogen-bond acceptors (Lipinski definition) is 1. The summed E-state index contributed by atoms with van der Waals surface area (Å²) in [5.74, 6) is 0.960. The van der Waals surface area contributed by atoms with Gasteiger partial charge in [-0.1, -0.05) is 69.7 Å². The molecule has 0 aliphatic rings. The molecule has 2 nitrogen and oxygen atoms in total. The molecule has 0 aliphatic heterocycles. The van der Waals surface area contributed by atoms with Crippen molar-refractivity contribution in [2.75, 3.05) is 19.7 Å². The van der Waals surface area contributed by atoms with Gasteiger partial charge in [-0.05, 0) is 29.7 Å². The van der Waals surface area contributed by atoms with E-state index in [0.717, 1.165) is 18.9 Å². The molecule has 0 spiro atoms. The fourth-order valence-corrected chi connectivity index (χ4v) is 2.74. The monoisotopic (exact) mass is 312 g/mol. The van der Waals surface area contributed by atoms with E-state index in [1.54, 1.807) is 0 Å². The summed E-state index contributed by atoms with van der Waals surface area (Å²) in [6, 6.07) is 19.2. The van der Waals surface area contributed by atoms with Gasteiger partial charge in [-0.2, -0.15) is 0 Å². The van der Waals surface area contributed by atoms with Gasteiger partial charge in [0.25, 0.3) is 0 Å². The van der Waals surface area contributed by atoms with Crippen LogP contribution in [0.2, 0.25) is 0 Å². The molecule has 0 atom stereocenters. The highest BCUT2D eigenvalue weighted by atomic mass is 16.5. The molecule has 0 bridgehead atoms. The zero-order chi connectivity index (χ0) is 16.5. The Bertz CT molecular complexity index is 560. The standard InChI is InChI=1S/C21H29NO/c1-4-5-15-22-16-17-23-20-13-11-19(12-14-20)21(2,3)18-9-7-6-8-10-18/h6-14,22H,4-5,15-17H2,1-3H3/p+1. The van der Waals surface area contributed by atoms with Crippen LogP contribution in [0.25, 0.3) is 0 Å². The summed E-state index contributed by atoms with van der Waals surface area (Å²) in [6.45, 7) is 9.75. The van der Waals surface area contributed by atoms with Gasteiger partial charge >= 0.3 is 0 Å². The predicted octanol–water partition coefficient (Wildman–Crippen LogP) is 3.75. The van der Waals surface area contributed by atoms with Crippen molar-refractivity contribution in [3.05, 3.63) is 65.7 Å². The lowest BCUT2D eigenvalue weighted by atomic mass is 9.78. The SMILES string of the molecule is CCCC[NH2+]CCOc1ccc(C(C)(C)c2ccccc2)cc1. The van der Waals surface area contributed by atoms with E-state index in [9.17, 15) is 0 Å². The summed E-state index contributed by atoms with van der Waals surface area (Å²) in [6.07, 6.45) is 2.54. The van der Waals surface area contributed by atoms with E-state index < -0.39 is 0 Å². The van der Waals surface area contributed by atoms with Crippen LogP contribution in [-0.4, -0.2) is 19.7 Å². The van der Waals surface area contributed by atoms with Gasteiger partial charge in [0.05, 0.1) is 6.54 Å². The van der Waals surface area contributed by atoms with Gasteiger partial charge < -0.3 is 10.1 Å². The second-order valence-electron chi connectivity index (χ2n) is 6.58. The first-order valence-corrected chi connectivity index (χ1v) is 8.75. The Balaban J connectivity index is 1.89. The molecule has 2 N–H and O–H groups in total. The number of nitrogens with two attached hydrogens (primary N) is 1. The molecule has 0 unspecified atom stereocenters. The molecule has 0 radical (unpaired) electrons. The quantitative estimate of drug-likeness (QED) is 0.701. The van der Waals surface area contributed by atoms with Crippen molar-refractivity contribution in [3.8, 4) is 5.75 Å². The summed E-state index contributed by atoms with van der Waals surface area (Å²) in [5.41, 5.74) is 2.65. The van der Waals surface area contributed by atoms with Crippen LogP contribution in [0, 0.1) is 0 Å². The van der Waals surface area contributed by atoms with Gasteiger partial charge in [0.2, 0.25) is 0 Å². The van der Waals surface area contributed by atoms with E-state index in [1.807, 2.05) is 0 Å². The Kier molecular flexibility index (Phi) is 6.66. The molecule has 2 aromatic rings. The molecule has 2 heteroatoms. The van der Waals surface area contributed by atoms with Gasteiger partial charge in [-0.3, -0.25) is 0 Å². The first kappa shape index (κ1) is 17.6. The zero-order valence-corrected chi connectivity index (χ0v) is 14.7. The number of rotatable bonds is 9. The molecule has 2 aromatic carbocycles. The van der Waals surface area contributed by atoms with Crippen LogP contribution in [0.1, 0.15) is 44.7 Å². The zero-order valence-electron chi connectivity index (χ0n) is 14.7. The van der Waals surface area contributed by atoms with Crippen LogP contribution >= 0.6 is 0 Å². The lowest BCUT2D eigenvalue weighted by Crippen LogP contribution is -2.85. The molecule has 0 amide bonds. The van der Waals surface area contributed by atoms with Crippen molar-refractivity contribution >= 4 is 0 Å². The Morgan fingerprint density at radius 1 is 0.870 bits per heavy atom. The van der Waals surface area contributed by atoms with E-state index in [1.165, 1.54) is 30.5 Å². The van der Waals surface area contributed by atoms with Gasteiger partial charge in [0.1, 0.15) is 18.9 Å². The second kappa shape index (κ2) is 8.73. The largest absolute Gasteiger partial charge is 0.488 e. The highest BCUT2D eigenvalue weighted by molar-refractivity contribution is 5.39. The van der Waals surface area contributed by atoms with E-state index in [0.29, 0.717) is 0 Å². The summed E-state index contributed by atoms with van der Waals surface area (Å²) in [4.78, 5) is 0. The fourth-order valence-electron chi connectivity index (χ4n) is 2.74. The fraction of sp³-hybridized carbons (Fsp3) is 0.429. The lowest BCUT2D eigenvalue weighted by Gasteiger charge is -2.26. The minimum atomic E-state index is 0.00766. The third-order valence-electron chi connectivity index (χ3n) is 4.42. The third kappa shape index (κ3) is 5.11.